The first-order chi connectivity index (χ1) is 6.32. The van der Waals surface area contributed by atoms with Gasteiger partial charge in [0.1, 0.15) is 4.90 Å². The first kappa shape index (κ1) is 10.9. The highest BCUT2D eigenvalue weighted by Gasteiger charge is 2.19. The summed E-state index contributed by atoms with van der Waals surface area (Å²) in [6.45, 7) is 0. The predicted octanol–water partition coefficient (Wildman–Crippen LogP) is -0.368. The van der Waals surface area contributed by atoms with Crippen LogP contribution < -0.4 is 5.73 Å². The van der Waals surface area contributed by atoms with Gasteiger partial charge in [-0.25, -0.2) is 8.42 Å². The van der Waals surface area contributed by atoms with Gasteiger partial charge >= 0.3 is 0 Å². The molecular weight excluding hydrogens is 230 g/mol. The maximum absolute atomic E-state index is 11.2. The molecule has 14 heavy (non-hydrogen) atoms. The molecule has 1 heterocycles. The number of halogens is 1. The van der Waals surface area contributed by atoms with Crippen molar-refractivity contribution in [2.24, 2.45) is 5.73 Å². The Bertz CT molecular complexity index is 485. The quantitative estimate of drug-likeness (QED) is 0.754. The van der Waals surface area contributed by atoms with Crippen molar-refractivity contribution in [2.45, 2.75) is 4.90 Å². The number of sulfone groups is 1. The number of hydrogen-bond donors (Lipinski definition) is 1. The Morgan fingerprint density at radius 2 is 2.07 bits per heavy atom. The first-order valence-corrected chi connectivity index (χ1v) is 5.62. The van der Waals surface area contributed by atoms with Crippen LogP contribution in [0.5, 0.6) is 0 Å². The Kier molecular flexibility index (Phi) is 2.72. The summed E-state index contributed by atoms with van der Waals surface area (Å²) < 4.78 is 22.4. The summed E-state index contributed by atoms with van der Waals surface area (Å²) in [6.07, 6.45) is 0.923. The van der Waals surface area contributed by atoms with Crippen molar-refractivity contribution in [1.82, 2.24) is 10.2 Å². The van der Waals surface area contributed by atoms with Crippen molar-refractivity contribution < 1.29 is 13.2 Å². The van der Waals surface area contributed by atoms with Crippen LogP contribution in [0.25, 0.3) is 0 Å². The van der Waals surface area contributed by atoms with Crippen LogP contribution >= 0.6 is 11.6 Å². The molecule has 1 rings (SSSR count). The highest BCUT2D eigenvalue weighted by Crippen LogP contribution is 2.15. The fourth-order valence-corrected chi connectivity index (χ4v) is 1.84. The standard InChI is InChI=1S/C6H6ClN3O3S/c1-14(12,13)3-2-4(7)9-10-5(3)6(8)11/h2H,1H3,(H2,8,11). The molecule has 1 aromatic rings. The fourth-order valence-electron chi connectivity index (χ4n) is 0.806. The monoisotopic (exact) mass is 235 g/mol. The molecule has 8 heteroatoms. The summed E-state index contributed by atoms with van der Waals surface area (Å²) in [4.78, 5) is 10.5. The molecule has 0 radical (unpaired) electrons. The van der Waals surface area contributed by atoms with Gasteiger partial charge in [0, 0.05) is 6.26 Å². The van der Waals surface area contributed by atoms with Crippen molar-refractivity contribution in [2.75, 3.05) is 6.26 Å². The van der Waals surface area contributed by atoms with Gasteiger partial charge in [-0.2, -0.15) is 0 Å². The van der Waals surface area contributed by atoms with Crippen molar-refractivity contribution in [3.8, 4) is 0 Å². The summed E-state index contributed by atoms with van der Waals surface area (Å²) >= 11 is 5.44. The Morgan fingerprint density at radius 3 is 2.50 bits per heavy atom. The smallest absolute Gasteiger partial charge is 0.270 e. The van der Waals surface area contributed by atoms with Gasteiger partial charge < -0.3 is 5.73 Å². The molecule has 2 N–H and O–H groups in total. The van der Waals surface area contributed by atoms with Crippen LogP contribution in [-0.4, -0.2) is 30.8 Å². The normalized spacial score (nSPS) is 11.3. The second-order valence-electron chi connectivity index (χ2n) is 2.52. The van der Waals surface area contributed by atoms with Gasteiger partial charge in [-0.1, -0.05) is 11.6 Å². The lowest BCUT2D eigenvalue weighted by molar-refractivity contribution is 0.0991. The molecule has 1 amide bonds. The molecule has 0 unspecified atom stereocenters. The van der Waals surface area contributed by atoms with Crippen LogP contribution in [0, 0.1) is 0 Å². The minimum atomic E-state index is -3.59. The van der Waals surface area contributed by atoms with E-state index in [2.05, 4.69) is 10.2 Å². The summed E-state index contributed by atoms with van der Waals surface area (Å²) in [5.74, 6) is -0.963. The van der Waals surface area contributed by atoms with Crippen molar-refractivity contribution in [3.63, 3.8) is 0 Å². The third-order valence-corrected chi connectivity index (χ3v) is 2.66. The highest BCUT2D eigenvalue weighted by molar-refractivity contribution is 7.90. The van der Waals surface area contributed by atoms with Gasteiger partial charge in [-0.3, -0.25) is 4.79 Å². The lowest BCUT2D eigenvalue weighted by Gasteiger charge is -2.02. The number of aromatic nitrogens is 2. The second-order valence-corrected chi connectivity index (χ2v) is 4.89. The molecule has 0 aliphatic heterocycles. The van der Waals surface area contributed by atoms with E-state index in [0.717, 1.165) is 12.3 Å². The molecular formula is C6H6ClN3O3S. The van der Waals surface area contributed by atoms with E-state index < -0.39 is 21.4 Å². The van der Waals surface area contributed by atoms with Crippen LogP contribution in [0.4, 0.5) is 0 Å². The lowest BCUT2D eigenvalue weighted by Crippen LogP contribution is -2.18. The van der Waals surface area contributed by atoms with Gasteiger partial charge in [-0.15, -0.1) is 10.2 Å². The number of rotatable bonds is 2. The van der Waals surface area contributed by atoms with E-state index >= 15 is 0 Å². The Labute approximate surface area is 85.0 Å². The Morgan fingerprint density at radius 1 is 1.50 bits per heavy atom. The summed E-state index contributed by atoms with van der Waals surface area (Å²) in [7, 11) is -3.59. The summed E-state index contributed by atoms with van der Waals surface area (Å²) in [6, 6.07) is 1.03. The molecule has 0 spiro atoms. The highest BCUT2D eigenvalue weighted by atomic mass is 35.5. The number of carbonyl (C=O) groups excluding carboxylic acids is 1. The third-order valence-electron chi connectivity index (χ3n) is 1.36. The van der Waals surface area contributed by atoms with Crippen molar-refractivity contribution in [1.29, 1.82) is 0 Å². The molecule has 0 aromatic carbocycles. The van der Waals surface area contributed by atoms with E-state index in [9.17, 15) is 13.2 Å². The van der Waals surface area contributed by atoms with Crippen LogP contribution in [0.15, 0.2) is 11.0 Å². The number of amides is 1. The van der Waals surface area contributed by atoms with Gasteiger partial charge in [0.25, 0.3) is 5.91 Å². The average Bonchev–Trinajstić information content (AvgIpc) is 2.01. The third kappa shape index (κ3) is 2.18. The van der Waals surface area contributed by atoms with E-state index in [1.807, 2.05) is 0 Å². The largest absolute Gasteiger partial charge is 0.364 e. The molecule has 76 valence electrons. The van der Waals surface area contributed by atoms with Crippen LogP contribution in [0.3, 0.4) is 0 Å². The molecule has 0 atom stereocenters. The maximum atomic E-state index is 11.2. The molecule has 0 saturated heterocycles. The zero-order valence-electron chi connectivity index (χ0n) is 7.06. The lowest BCUT2D eigenvalue weighted by atomic mass is 10.4. The molecule has 0 fully saturated rings. The average molecular weight is 236 g/mol. The van der Waals surface area contributed by atoms with Gasteiger partial charge in [-0.05, 0) is 6.07 Å². The maximum Gasteiger partial charge on any atom is 0.270 e. The van der Waals surface area contributed by atoms with Crippen molar-refractivity contribution in [3.05, 3.63) is 16.9 Å². The topological polar surface area (TPSA) is 103 Å². The van der Waals surface area contributed by atoms with Gasteiger partial charge in [0.05, 0.1) is 0 Å². The van der Waals surface area contributed by atoms with E-state index in [-0.39, 0.29) is 10.0 Å². The number of nitrogens with two attached hydrogens (primary N) is 1. The van der Waals surface area contributed by atoms with Crippen LogP contribution in [0.2, 0.25) is 5.15 Å². The predicted molar refractivity (Wildman–Crippen MR) is 48.7 cm³/mol. The Balaban J connectivity index is 3.54. The van der Waals surface area contributed by atoms with E-state index in [1.54, 1.807) is 0 Å². The zero-order chi connectivity index (χ0) is 10.9. The number of nitrogens with zero attached hydrogens (tertiary/aromatic N) is 2. The Hall–Kier alpha value is -1.21. The van der Waals surface area contributed by atoms with Crippen molar-refractivity contribution >= 4 is 27.3 Å². The SMILES string of the molecule is CS(=O)(=O)c1cc(Cl)nnc1C(N)=O. The molecule has 0 saturated carbocycles. The molecule has 0 aliphatic rings. The minimum absolute atomic E-state index is 0.115. The number of primary amides is 1. The molecule has 0 bridgehead atoms. The molecule has 0 aliphatic carbocycles. The number of hydrogen-bond acceptors (Lipinski definition) is 5. The summed E-state index contributed by atoms with van der Waals surface area (Å²) in [5.41, 5.74) is 4.51. The van der Waals surface area contributed by atoms with Crippen LogP contribution in [-0.2, 0) is 9.84 Å². The van der Waals surface area contributed by atoms with E-state index in [1.165, 1.54) is 0 Å². The minimum Gasteiger partial charge on any atom is -0.364 e. The molecule has 6 nitrogen and oxygen atoms in total. The zero-order valence-corrected chi connectivity index (χ0v) is 8.63. The second kappa shape index (κ2) is 3.50. The molecule has 1 aromatic heterocycles. The number of carbonyl (C=O) groups is 1. The first-order valence-electron chi connectivity index (χ1n) is 3.35. The van der Waals surface area contributed by atoms with Gasteiger partial charge in [0.2, 0.25) is 0 Å². The fraction of sp³-hybridized carbons (Fsp3) is 0.167. The van der Waals surface area contributed by atoms with E-state index in [4.69, 9.17) is 17.3 Å². The summed E-state index contributed by atoms with van der Waals surface area (Å²) in [5, 5.41) is 6.52. The van der Waals surface area contributed by atoms with Crippen LogP contribution in [0.1, 0.15) is 10.5 Å². The van der Waals surface area contributed by atoms with Gasteiger partial charge in [0.15, 0.2) is 20.7 Å². The van der Waals surface area contributed by atoms with E-state index in [0.29, 0.717) is 0 Å².